The molecule has 27 heavy (non-hydrogen) atoms. The third-order valence-corrected chi connectivity index (χ3v) is 4.96. The van der Waals surface area contributed by atoms with Gasteiger partial charge >= 0.3 is 0 Å². The molecule has 1 aromatic carbocycles. The minimum absolute atomic E-state index is 0.0818. The molecular formula is C19H18BrN3O3S. The van der Waals surface area contributed by atoms with E-state index < -0.39 is 0 Å². The van der Waals surface area contributed by atoms with E-state index in [1.807, 2.05) is 29.6 Å². The van der Waals surface area contributed by atoms with Gasteiger partial charge in [0.1, 0.15) is 11.5 Å². The standard InChI is InChI=1S/C19H18BrN3O3S/c1-12(24)21-10-15-6-7-17(26-15)16-11-27-19(22-16)23-18(25)8-5-13-3-2-4-14(20)9-13/h2-4,6-7,9,11H,5,8,10H2,1H3,(H,21,24)(H,22,23,25). The summed E-state index contributed by atoms with van der Waals surface area (Å²) in [6.07, 6.45) is 1.04. The van der Waals surface area contributed by atoms with Crippen LogP contribution in [0.5, 0.6) is 0 Å². The number of nitrogens with one attached hydrogen (secondary N) is 2. The number of furan rings is 1. The van der Waals surface area contributed by atoms with Crippen LogP contribution in [0, 0.1) is 0 Å². The van der Waals surface area contributed by atoms with Crippen molar-refractivity contribution in [2.24, 2.45) is 0 Å². The van der Waals surface area contributed by atoms with Gasteiger partial charge in [-0.15, -0.1) is 11.3 Å². The minimum Gasteiger partial charge on any atom is -0.458 e. The normalized spacial score (nSPS) is 10.6. The number of thiazole rings is 1. The van der Waals surface area contributed by atoms with Gasteiger partial charge in [-0.3, -0.25) is 9.59 Å². The molecule has 2 amide bonds. The average Bonchev–Trinajstić information content (AvgIpc) is 3.27. The van der Waals surface area contributed by atoms with Gasteiger partial charge in [-0.05, 0) is 36.2 Å². The number of hydrogen-bond acceptors (Lipinski definition) is 5. The Morgan fingerprint density at radius 1 is 1.26 bits per heavy atom. The number of hydrogen-bond donors (Lipinski definition) is 2. The van der Waals surface area contributed by atoms with Gasteiger partial charge in [0.15, 0.2) is 10.9 Å². The van der Waals surface area contributed by atoms with Crippen LogP contribution < -0.4 is 10.6 Å². The number of benzene rings is 1. The highest BCUT2D eigenvalue weighted by molar-refractivity contribution is 9.10. The maximum atomic E-state index is 12.1. The number of aryl methyl sites for hydroxylation is 1. The number of carbonyl (C=O) groups is 2. The zero-order chi connectivity index (χ0) is 19.2. The first-order valence-corrected chi connectivity index (χ1v) is 10.0. The molecule has 2 N–H and O–H groups in total. The minimum atomic E-state index is -0.116. The van der Waals surface area contributed by atoms with Gasteiger partial charge in [0.2, 0.25) is 11.8 Å². The second-order valence-electron chi connectivity index (χ2n) is 5.89. The Kier molecular flexibility index (Phi) is 6.41. The third kappa shape index (κ3) is 5.77. The zero-order valence-electron chi connectivity index (χ0n) is 14.6. The number of amides is 2. The summed E-state index contributed by atoms with van der Waals surface area (Å²) in [6.45, 7) is 1.79. The summed E-state index contributed by atoms with van der Waals surface area (Å²) in [4.78, 5) is 27.5. The Balaban J connectivity index is 1.54. The van der Waals surface area contributed by atoms with Gasteiger partial charge in [0.05, 0.1) is 6.54 Å². The molecule has 0 spiro atoms. The zero-order valence-corrected chi connectivity index (χ0v) is 17.0. The summed E-state index contributed by atoms with van der Waals surface area (Å²) in [5.41, 5.74) is 1.75. The van der Waals surface area contributed by atoms with E-state index in [-0.39, 0.29) is 11.8 Å². The van der Waals surface area contributed by atoms with Crippen LogP contribution in [-0.4, -0.2) is 16.8 Å². The van der Waals surface area contributed by atoms with E-state index in [1.165, 1.54) is 18.3 Å². The number of nitrogens with zero attached hydrogens (tertiary/aromatic N) is 1. The highest BCUT2D eigenvalue weighted by atomic mass is 79.9. The molecule has 0 aliphatic carbocycles. The van der Waals surface area contributed by atoms with Crippen molar-refractivity contribution in [1.82, 2.24) is 10.3 Å². The third-order valence-electron chi connectivity index (χ3n) is 3.71. The Morgan fingerprint density at radius 3 is 2.89 bits per heavy atom. The SMILES string of the molecule is CC(=O)NCc1ccc(-c2csc(NC(=O)CCc3cccc(Br)c3)n2)o1. The van der Waals surface area contributed by atoms with Gasteiger partial charge in [0.25, 0.3) is 0 Å². The smallest absolute Gasteiger partial charge is 0.226 e. The molecule has 8 heteroatoms. The molecule has 3 rings (SSSR count). The fourth-order valence-corrected chi connectivity index (χ4v) is 3.56. The molecule has 0 atom stereocenters. The van der Waals surface area contributed by atoms with Crippen molar-refractivity contribution in [3.63, 3.8) is 0 Å². The summed E-state index contributed by atoms with van der Waals surface area (Å²) in [6, 6.07) is 11.5. The first-order chi connectivity index (χ1) is 13.0. The quantitative estimate of drug-likeness (QED) is 0.562. The summed E-state index contributed by atoms with van der Waals surface area (Å²) in [7, 11) is 0. The lowest BCUT2D eigenvalue weighted by Gasteiger charge is -2.03. The van der Waals surface area contributed by atoms with E-state index in [9.17, 15) is 9.59 Å². The van der Waals surface area contributed by atoms with Gasteiger partial charge in [-0.25, -0.2) is 4.98 Å². The topological polar surface area (TPSA) is 84.2 Å². The molecule has 3 aromatic rings. The van der Waals surface area contributed by atoms with Crippen LogP contribution in [0.4, 0.5) is 5.13 Å². The van der Waals surface area contributed by atoms with Crippen LogP contribution in [0.25, 0.3) is 11.5 Å². The van der Waals surface area contributed by atoms with Crippen molar-refractivity contribution >= 4 is 44.2 Å². The molecule has 2 aromatic heterocycles. The molecule has 0 saturated carbocycles. The van der Waals surface area contributed by atoms with Gasteiger partial charge < -0.3 is 15.1 Å². The second-order valence-corrected chi connectivity index (χ2v) is 7.67. The lowest BCUT2D eigenvalue weighted by Crippen LogP contribution is -2.18. The molecule has 2 heterocycles. The van der Waals surface area contributed by atoms with Crippen molar-refractivity contribution in [2.45, 2.75) is 26.3 Å². The van der Waals surface area contributed by atoms with E-state index >= 15 is 0 Å². The molecule has 140 valence electrons. The molecule has 0 aliphatic heterocycles. The molecule has 0 radical (unpaired) electrons. The molecular weight excluding hydrogens is 430 g/mol. The molecule has 0 fully saturated rings. The summed E-state index contributed by atoms with van der Waals surface area (Å²) in [5.74, 6) is 1.05. The highest BCUT2D eigenvalue weighted by Gasteiger charge is 2.11. The molecule has 0 bridgehead atoms. The van der Waals surface area contributed by atoms with E-state index in [4.69, 9.17) is 4.42 Å². The Hall–Kier alpha value is -2.45. The molecule has 0 saturated heterocycles. The van der Waals surface area contributed by atoms with Crippen molar-refractivity contribution in [2.75, 3.05) is 5.32 Å². The van der Waals surface area contributed by atoms with Crippen LogP contribution >= 0.6 is 27.3 Å². The highest BCUT2D eigenvalue weighted by Crippen LogP contribution is 2.26. The molecule has 0 aliphatic rings. The van der Waals surface area contributed by atoms with Crippen LogP contribution in [0.3, 0.4) is 0 Å². The van der Waals surface area contributed by atoms with Crippen LogP contribution in [0.1, 0.15) is 24.7 Å². The van der Waals surface area contributed by atoms with Crippen molar-refractivity contribution in [1.29, 1.82) is 0 Å². The molecule has 0 unspecified atom stereocenters. The molecule has 6 nitrogen and oxygen atoms in total. The number of anilines is 1. The van der Waals surface area contributed by atoms with Crippen LogP contribution in [-0.2, 0) is 22.6 Å². The maximum Gasteiger partial charge on any atom is 0.226 e. The van der Waals surface area contributed by atoms with Gasteiger partial charge in [-0.2, -0.15) is 0 Å². The second kappa shape index (κ2) is 8.96. The number of halogens is 1. The van der Waals surface area contributed by atoms with Crippen molar-refractivity contribution in [3.8, 4) is 11.5 Å². The number of rotatable bonds is 7. The lowest BCUT2D eigenvalue weighted by atomic mass is 10.1. The summed E-state index contributed by atoms with van der Waals surface area (Å²) >= 11 is 4.77. The Morgan fingerprint density at radius 2 is 2.11 bits per heavy atom. The Bertz CT molecular complexity index is 951. The van der Waals surface area contributed by atoms with E-state index in [0.717, 1.165) is 10.0 Å². The number of aromatic nitrogens is 1. The predicted molar refractivity (Wildman–Crippen MR) is 108 cm³/mol. The number of carbonyl (C=O) groups excluding carboxylic acids is 2. The maximum absolute atomic E-state index is 12.1. The van der Waals surface area contributed by atoms with Crippen LogP contribution in [0.15, 0.2) is 50.7 Å². The summed E-state index contributed by atoms with van der Waals surface area (Å²) in [5, 5.41) is 7.86. The van der Waals surface area contributed by atoms with E-state index in [1.54, 1.807) is 12.1 Å². The van der Waals surface area contributed by atoms with E-state index in [2.05, 4.69) is 31.5 Å². The van der Waals surface area contributed by atoms with Crippen molar-refractivity contribution in [3.05, 3.63) is 57.6 Å². The Labute approximate surface area is 169 Å². The van der Waals surface area contributed by atoms with Gasteiger partial charge in [-0.1, -0.05) is 28.1 Å². The predicted octanol–water partition coefficient (Wildman–Crippen LogP) is 4.37. The largest absolute Gasteiger partial charge is 0.458 e. The lowest BCUT2D eigenvalue weighted by molar-refractivity contribution is -0.119. The van der Waals surface area contributed by atoms with E-state index in [0.29, 0.717) is 41.7 Å². The fourth-order valence-electron chi connectivity index (χ4n) is 2.40. The summed E-state index contributed by atoms with van der Waals surface area (Å²) < 4.78 is 6.67. The average molecular weight is 448 g/mol. The first kappa shape index (κ1) is 19.3. The van der Waals surface area contributed by atoms with Crippen molar-refractivity contribution < 1.29 is 14.0 Å². The van der Waals surface area contributed by atoms with Gasteiger partial charge in [0, 0.05) is 23.2 Å². The first-order valence-electron chi connectivity index (χ1n) is 8.33. The monoisotopic (exact) mass is 447 g/mol. The van der Waals surface area contributed by atoms with Crippen LogP contribution in [0.2, 0.25) is 0 Å². The fraction of sp³-hybridized carbons (Fsp3) is 0.211.